The molecule has 2 atom stereocenters. The van der Waals surface area contributed by atoms with E-state index < -0.39 is 0 Å². The van der Waals surface area contributed by atoms with Crippen LogP contribution in [0.1, 0.15) is 13.8 Å². The van der Waals surface area contributed by atoms with Gasteiger partial charge in [0, 0.05) is 12.6 Å². The van der Waals surface area contributed by atoms with Crippen LogP contribution in [-0.2, 0) is 4.79 Å². The van der Waals surface area contributed by atoms with E-state index in [1.165, 1.54) is 11.8 Å². The molecule has 74 valence electrons. The Morgan fingerprint density at radius 3 is 2.42 bits per heavy atom. The van der Waals surface area contributed by atoms with E-state index in [2.05, 4.69) is 5.32 Å². The highest BCUT2D eigenvalue weighted by atomic mass is 35.5. The molecule has 0 radical (unpaired) electrons. The summed E-state index contributed by atoms with van der Waals surface area (Å²) in [4.78, 5) is 11.2. The molecule has 5 heteroatoms. The van der Waals surface area contributed by atoms with Gasteiger partial charge in [-0.05, 0) is 20.1 Å². The van der Waals surface area contributed by atoms with Crippen molar-refractivity contribution in [1.82, 2.24) is 5.32 Å². The summed E-state index contributed by atoms with van der Waals surface area (Å²) in [5, 5.41) is 2.81. The summed E-state index contributed by atoms with van der Waals surface area (Å²) < 4.78 is 0. The largest absolute Gasteiger partial charge is 0.351 e. The zero-order valence-corrected chi connectivity index (χ0v) is 9.30. The fraction of sp³-hybridized carbons (Fsp3) is 0.857. The summed E-state index contributed by atoms with van der Waals surface area (Å²) in [6, 6.07) is 0.0806. The minimum Gasteiger partial charge on any atom is -0.351 e. The van der Waals surface area contributed by atoms with Crippen LogP contribution in [0.3, 0.4) is 0 Å². The summed E-state index contributed by atoms with van der Waals surface area (Å²) in [5.74, 6) is 0.0652. The molecular weight excluding hydrogens is 196 g/mol. The molecule has 0 aromatic rings. The van der Waals surface area contributed by atoms with Crippen molar-refractivity contribution in [3.63, 3.8) is 0 Å². The predicted octanol–water partition coefficient (Wildman–Crippen LogP) is 0.623. The molecular formula is C7H17ClN2OS. The van der Waals surface area contributed by atoms with Gasteiger partial charge in [-0.15, -0.1) is 12.4 Å². The zero-order chi connectivity index (χ0) is 8.85. The maximum Gasteiger partial charge on any atom is 0.233 e. The second kappa shape index (κ2) is 7.71. The molecule has 3 nitrogen and oxygen atoms in total. The van der Waals surface area contributed by atoms with Crippen LogP contribution in [-0.4, -0.2) is 30.0 Å². The Kier molecular flexibility index (Phi) is 9.37. The second-order valence-electron chi connectivity index (χ2n) is 2.52. The third-order valence-corrected chi connectivity index (χ3v) is 2.39. The molecule has 0 fully saturated rings. The minimum absolute atomic E-state index is 0. The molecule has 0 aromatic heterocycles. The maximum absolute atomic E-state index is 11.2. The zero-order valence-electron chi connectivity index (χ0n) is 7.66. The van der Waals surface area contributed by atoms with Crippen molar-refractivity contribution in [3.05, 3.63) is 0 Å². The van der Waals surface area contributed by atoms with Gasteiger partial charge < -0.3 is 11.1 Å². The van der Waals surface area contributed by atoms with Gasteiger partial charge in [0.1, 0.15) is 0 Å². The normalized spacial score (nSPS) is 14.3. The van der Waals surface area contributed by atoms with Crippen molar-refractivity contribution in [3.8, 4) is 0 Å². The number of amides is 1. The Morgan fingerprint density at radius 2 is 2.08 bits per heavy atom. The first-order chi connectivity index (χ1) is 5.11. The summed E-state index contributed by atoms with van der Waals surface area (Å²) in [6.45, 7) is 4.26. The van der Waals surface area contributed by atoms with Gasteiger partial charge in [0.25, 0.3) is 0 Å². The lowest BCUT2D eigenvalue weighted by molar-refractivity contribution is -0.120. The number of halogens is 1. The Labute approximate surface area is 84.3 Å². The first kappa shape index (κ1) is 14.6. The number of hydrogen-bond acceptors (Lipinski definition) is 3. The van der Waals surface area contributed by atoms with E-state index in [1.54, 1.807) is 0 Å². The Hall–Kier alpha value is 0.0700. The Balaban J connectivity index is 0. The molecule has 0 bridgehead atoms. The van der Waals surface area contributed by atoms with E-state index >= 15 is 0 Å². The summed E-state index contributed by atoms with van der Waals surface area (Å²) in [6.07, 6.45) is 1.91. The van der Waals surface area contributed by atoms with Gasteiger partial charge in [-0.1, -0.05) is 0 Å². The average Bonchev–Trinajstić information content (AvgIpc) is 2.02. The quantitative estimate of drug-likeness (QED) is 0.719. The standard InChI is InChI=1S/C7H16N2OS.ClH/c1-5(4-8)9-7(10)6(2)11-3;/h5-6H,4,8H2,1-3H3,(H,9,10);1H/t5-,6?;/m0./s1. The first-order valence-electron chi connectivity index (χ1n) is 3.65. The Morgan fingerprint density at radius 1 is 1.58 bits per heavy atom. The molecule has 0 heterocycles. The van der Waals surface area contributed by atoms with Crippen LogP contribution in [0.5, 0.6) is 0 Å². The van der Waals surface area contributed by atoms with Gasteiger partial charge in [0.15, 0.2) is 0 Å². The molecule has 0 aromatic carbocycles. The van der Waals surface area contributed by atoms with E-state index in [9.17, 15) is 4.79 Å². The van der Waals surface area contributed by atoms with Crippen molar-refractivity contribution in [1.29, 1.82) is 0 Å². The molecule has 3 N–H and O–H groups in total. The third kappa shape index (κ3) is 5.69. The van der Waals surface area contributed by atoms with E-state index in [0.717, 1.165) is 0 Å². The van der Waals surface area contributed by atoms with Crippen molar-refractivity contribution in [2.75, 3.05) is 12.8 Å². The molecule has 0 spiro atoms. The van der Waals surface area contributed by atoms with Crippen LogP contribution in [0.2, 0.25) is 0 Å². The van der Waals surface area contributed by atoms with Gasteiger partial charge in [-0.25, -0.2) is 0 Å². The maximum atomic E-state index is 11.2. The number of carbonyl (C=O) groups is 1. The van der Waals surface area contributed by atoms with Crippen molar-refractivity contribution in [2.45, 2.75) is 25.1 Å². The Bertz CT molecular complexity index is 135. The van der Waals surface area contributed by atoms with E-state index in [0.29, 0.717) is 6.54 Å². The molecule has 0 aliphatic rings. The number of rotatable bonds is 4. The van der Waals surface area contributed by atoms with Gasteiger partial charge in [0.2, 0.25) is 5.91 Å². The fourth-order valence-electron chi connectivity index (χ4n) is 0.526. The minimum atomic E-state index is 0. The topological polar surface area (TPSA) is 55.1 Å². The number of hydrogen-bond donors (Lipinski definition) is 2. The van der Waals surface area contributed by atoms with Crippen LogP contribution < -0.4 is 11.1 Å². The second-order valence-corrected chi connectivity index (χ2v) is 3.70. The number of thioether (sulfide) groups is 1. The van der Waals surface area contributed by atoms with Crippen LogP contribution in [0.25, 0.3) is 0 Å². The van der Waals surface area contributed by atoms with Crippen molar-refractivity contribution < 1.29 is 4.79 Å². The first-order valence-corrected chi connectivity index (χ1v) is 4.93. The predicted molar refractivity (Wildman–Crippen MR) is 56.9 cm³/mol. The molecule has 1 amide bonds. The van der Waals surface area contributed by atoms with Gasteiger partial charge >= 0.3 is 0 Å². The smallest absolute Gasteiger partial charge is 0.233 e. The molecule has 0 aliphatic heterocycles. The summed E-state index contributed by atoms with van der Waals surface area (Å²) in [7, 11) is 0. The number of nitrogens with two attached hydrogens (primary N) is 1. The average molecular weight is 213 g/mol. The highest BCUT2D eigenvalue weighted by Gasteiger charge is 2.12. The number of carbonyl (C=O) groups excluding carboxylic acids is 1. The van der Waals surface area contributed by atoms with Crippen LogP contribution in [0.4, 0.5) is 0 Å². The fourth-order valence-corrected chi connectivity index (χ4v) is 0.808. The monoisotopic (exact) mass is 212 g/mol. The lowest BCUT2D eigenvalue weighted by Crippen LogP contribution is -2.41. The molecule has 0 rings (SSSR count). The SMILES string of the molecule is CSC(C)C(=O)N[C@@H](C)CN.Cl. The molecule has 0 saturated carbocycles. The third-order valence-electron chi connectivity index (χ3n) is 1.46. The highest BCUT2D eigenvalue weighted by molar-refractivity contribution is 7.99. The number of nitrogens with one attached hydrogen (secondary N) is 1. The molecule has 12 heavy (non-hydrogen) atoms. The molecule has 0 saturated heterocycles. The van der Waals surface area contributed by atoms with Gasteiger partial charge in [-0.2, -0.15) is 11.8 Å². The lowest BCUT2D eigenvalue weighted by atomic mass is 10.3. The summed E-state index contributed by atoms with van der Waals surface area (Å²) >= 11 is 1.53. The summed E-state index contributed by atoms with van der Waals surface area (Å²) in [5.41, 5.74) is 5.34. The van der Waals surface area contributed by atoms with Crippen molar-refractivity contribution >= 4 is 30.1 Å². The van der Waals surface area contributed by atoms with E-state index in [-0.39, 0.29) is 29.6 Å². The molecule has 1 unspecified atom stereocenters. The van der Waals surface area contributed by atoms with Crippen LogP contribution >= 0.6 is 24.2 Å². The van der Waals surface area contributed by atoms with Gasteiger partial charge in [-0.3, -0.25) is 4.79 Å². The highest BCUT2D eigenvalue weighted by Crippen LogP contribution is 2.04. The van der Waals surface area contributed by atoms with Crippen LogP contribution in [0, 0.1) is 0 Å². The lowest BCUT2D eigenvalue weighted by Gasteiger charge is -2.14. The van der Waals surface area contributed by atoms with E-state index in [1.807, 2.05) is 20.1 Å². The van der Waals surface area contributed by atoms with E-state index in [4.69, 9.17) is 5.73 Å². The van der Waals surface area contributed by atoms with Gasteiger partial charge in [0.05, 0.1) is 5.25 Å². The molecule has 0 aliphatic carbocycles. The van der Waals surface area contributed by atoms with Crippen LogP contribution in [0.15, 0.2) is 0 Å². The van der Waals surface area contributed by atoms with Crippen molar-refractivity contribution in [2.24, 2.45) is 5.73 Å².